The van der Waals surface area contributed by atoms with Crippen LogP contribution in [0.4, 0.5) is 5.69 Å². The summed E-state index contributed by atoms with van der Waals surface area (Å²) in [5.41, 5.74) is 1.81. The molecule has 0 aromatic heterocycles. The molecule has 1 fully saturated rings. The number of halogens is 1. The molecule has 2 N–H and O–H groups in total. The summed E-state index contributed by atoms with van der Waals surface area (Å²) in [6, 6.07) is 5.51. The number of amides is 1. The van der Waals surface area contributed by atoms with Crippen molar-refractivity contribution < 1.29 is 4.79 Å². The van der Waals surface area contributed by atoms with Gasteiger partial charge in [-0.3, -0.25) is 4.79 Å². The first-order valence-corrected chi connectivity index (χ1v) is 7.29. The molecule has 1 aromatic rings. The maximum absolute atomic E-state index is 11.8. The molecule has 0 spiro atoms. The van der Waals surface area contributed by atoms with Crippen molar-refractivity contribution in [3.8, 4) is 0 Å². The second-order valence-electron chi connectivity index (χ2n) is 5.27. The van der Waals surface area contributed by atoms with Gasteiger partial charge >= 0.3 is 0 Å². The monoisotopic (exact) mass is 280 g/mol. The second-order valence-corrected chi connectivity index (χ2v) is 5.71. The Kier molecular flexibility index (Phi) is 5.23. The van der Waals surface area contributed by atoms with E-state index >= 15 is 0 Å². The lowest BCUT2D eigenvalue weighted by molar-refractivity contribution is -0.115. The minimum atomic E-state index is -0.0148. The molecule has 0 radical (unpaired) electrons. The molecule has 0 saturated heterocycles. The van der Waals surface area contributed by atoms with Crippen molar-refractivity contribution in [3.05, 3.63) is 28.8 Å². The Bertz CT molecular complexity index is 444. The molecule has 1 aliphatic carbocycles. The SMILES string of the molecule is Cc1ccc(Cl)cc1NC(=O)CNCCC1CCC1. The third-order valence-electron chi connectivity index (χ3n) is 3.71. The molecule has 4 heteroatoms. The smallest absolute Gasteiger partial charge is 0.238 e. The lowest BCUT2D eigenvalue weighted by Gasteiger charge is -2.25. The number of hydrogen-bond acceptors (Lipinski definition) is 2. The van der Waals surface area contributed by atoms with Crippen LogP contribution in [0.2, 0.25) is 5.02 Å². The zero-order chi connectivity index (χ0) is 13.7. The zero-order valence-electron chi connectivity index (χ0n) is 11.3. The lowest BCUT2D eigenvalue weighted by atomic mass is 9.83. The van der Waals surface area contributed by atoms with Gasteiger partial charge in [0, 0.05) is 10.7 Å². The minimum absolute atomic E-state index is 0.0148. The van der Waals surface area contributed by atoms with E-state index in [2.05, 4.69) is 10.6 Å². The second kappa shape index (κ2) is 6.92. The first-order valence-electron chi connectivity index (χ1n) is 6.92. The standard InChI is InChI=1S/C15H21ClN2O/c1-11-5-6-13(16)9-14(11)18-15(19)10-17-8-7-12-3-2-4-12/h5-6,9,12,17H,2-4,7-8,10H2,1H3,(H,18,19). The van der Waals surface area contributed by atoms with Gasteiger partial charge in [-0.1, -0.05) is 36.9 Å². The summed E-state index contributed by atoms with van der Waals surface area (Å²) in [7, 11) is 0. The third kappa shape index (κ3) is 4.51. The molecule has 0 bridgehead atoms. The summed E-state index contributed by atoms with van der Waals surface area (Å²) in [6.45, 7) is 3.24. The molecule has 2 rings (SSSR count). The molecule has 0 unspecified atom stereocenters. The van der Waals surface area contributed by atoms with Crippen molar-refractivity contribution in [1.82, 2.24) is 5.32 Å². The molecule has 19 heavy (non-hydrogen) atoms. The molecule has 1 saturated carbocycles. The van der Waals surface area contributed by atoms with Crippen LogP contribution < -0.4 is 10.6 Å². The van der Waals surface area contributed by atoms with E-state index in [1.807, 2.05) is 19.1 Å². The van der Waals surface area contributed by atoms with Crippen LogP contribution in [-0.2, 0) is 4.79 Å². The predicted molar refractivity (Wildman–Crippen MR) is 79.6 cm³/mol. The predicted octanol–water partition coefficient (Wildman–Crippen LogP) is 3.37. The highest BCUT2D eigenvalue weighted by Gasteiger charge is 2.16. The molecule has 1 aliphatic rings. The topological polar surface area (TPSA) is 41.1 Å². The molecule has 1 aromatic carbocycles. The van der Waals surface area contributed by atoms with Gasteiger partial charge in [-0.05, 0) is 43.5 Å². The highest BCUT2D eigenvalue weighted by molar-refractivity contribution is 6.31. The molecule has 1 amide bonds. The highest BCUT2D eigenvalue weighted by atomic mass is 35.5. The lowest BCUT2D eigenvalue weighted by Crippen LogP contribution is -2.30. The van der Waals surface area contributed by atoms with Gasteiger partial charge in [0.1, 0.15) is 0 Å². The van der Waals surface area contributed by atoms with Gasteiger partial charge < -0.3 is 10.6 Å². The van der Waals surface area contributed by atoms with Gasteiger partial charge in [0.15, 0.2) is 0 Å². The number of benzene rings is 1. The van der Waals surface area contributed by atoms with Crippen molar-refractivity contribution in [2.45, 2.75) is 32.6 Å². The quantitative estimate of drug-likeness (QED) is 0.785. The Balaban J connectivity index is 1.69. The van der Waals surface area contributed by atoms with Crippen molar-refractivity contribution in [1.29, 1.82) is 0 Å². The van der Waals surface area contributed by atoms with Crippen molar-refractivity contribution in [2.24, 2.45) is 5.92 Å². The van der Waals surface area contributed by atoms with Crippen LogP contribution in [0.5, 0.6) is 0 Å². The number of hydrogen-bond donors (Lipinski definition) is 2. The average Bonchev–Trinajstić information content (AvgIpc) is 2.31. The Morgan fingerprint density at radius 3 is 2.89 bits per heavy atom. The van der Waals surface area contributed by atoms with E-state index in [1.54, 1.807) is 6.07 Å². The van der Waals surface area contributed by atoms with Crippen LogP contribution in [0.1, 0.15) is 31.2 Å². The van der Waals surface area contributed by atoms with Crippen molar-refractivity contribution in [3.63, 3.8) is 0 Å². The summed E-state index contributed by atoms with van der Waals surface area (Å²) in [4.78, 5) is 11.8. The molecular formula is C15H21ClN2O. The number of aryl methyl sites for hydroxylation is 1. The average molecular weight is 281 g/mol. The summed E-state index contributed by atoms with van der Waals surface area (Å²) < 4.78 is 0. The molecule has 0 heterocycles. The minimum Gasteiger partial charge on any atom is -0.325 e. The van der Waals surface area contributed by atoms with Gasteiger partial charge in [0.2, 0.25) is 5.91 Å². The number of carbonyl (C=O) groups is 1. The van der Waals surface area contributed by atoms with Crippen molar-refractivity contribution in [2.75, 3.05) is 18.4 Å². The Labute approximate surface area is 119 Å². The third-order valence-corrected chi connectivity index (χ3v) is 3.95. The fraction of sp³-hybridized carbons (Fsp3) is 0.533. The van der Waals surface area contributed by atoms with Gasteiger partial charge in [-0.2, -0.15) is 0 Å². The van der Waals surface area contributed by atoms with Gasteiger partial charge in [0.25, 0.3) is 0 Å². The van der Waals surface area contributed by atoms with E-state index in [9.17, 15) is 4.79 Å². The zero-order valence-corrected chi connectivity index (χ0v) is 12.1. The highest BCUT2D eigenvalue weighted by Crippen LogP contribution is 2.28. The van der Waals surface area contributed by atoms with Crippen LogP contribution in [0.25, 0.3) is 0 Å². The normalized spacial score (nSPS) is 15.1. The van der Waals surface area contributed by atoms with E-state index in [4.69, 9.17) is 11.6 Å². The number of carbonyl (C=O) groups excluding carboxylic acids is 1. The summed E-state index contributed by atoms with van der Waals surface area (Å²) in [6.07, 6.45) is 5.27. The van der Waals surface area contributed by atoms with Gasteiger partial charge in [-0.25, -0.2) is 0 Å². The molecule has 0 aliphatic heterocycles. The first kappa shape index (κ1) is 14.4. The van der Waals surface area contributed by atoms with E-state index in [1.165, 1.54) is 25.7 Å². The largest absolute Gasteiger partial charge is 0.325 e. The number of rotatable bonds is 6. The molecular weight excluding hydrogens is 260 g/mol. The summed E-state index contributed by atoms with van der Waals surface area (Å²) >= 11 is 5.92. The van der Waals surface area contributed by atoms with Crippen LogP contribution in [0, 0.1) is 12.8 Å². The van der Waals surface area contributed by atoms with E-state index < -0.39 is 0 Å². The van der Waals surface area contributed by atoms with Crippen LogP contribution in [-0.4, -0.2) is 19.0 Å². The van der Waals surface area contributed by atoms with Crippen LogP contribution >= 0.6 is 11.6 Å². The van der Waals surface area contributed by atoms with E-state index in [0.717, 1.165) is 23.7 Å². The van der Waals surface area contributed by atoms with Crippen molar-refractivity contribution >= 4 is 23.2 Å². The molecule has 0 atom stereocenters. The Morgan fingerprint density at radius 1 is 1.42 bits per heavy atom. The maximum atomic E-state index is 11.8. The molecule has 3 nitrogen and oxygen atoms in total. The van der Waals surface area contributed by atoms with Gasteiger partial charge in [0.05, 0.1) is 6.54 Å². The molecule has 104 valence electrons. The Hall–Kier alpha value is -1.06. The number of anilines is 1. The fourth-order valence-electron chi connectivity index (χ4n) is 2.21. The maximum Gasteiger partial charge on any atom is 0.238 e. The first-order chi connectivity index (χ1) is 9.15. The van der Waals surface area contributed by atoms with Crippen LogP contribution in [0.3, 0.4) is 0 Å². The van der Waals surface area contributed by atoms with E-state index in [0.29, 0.717) is 11.6 Å². The van der Waals surface area contributed by atoms with Gasteiger partial charge in [-0.15, -0.1) is 0 Å². The Morgan fingerprint density at radius 2 is 2.21 bits per heavy atom. The van der Waals surface area contributed by atoms with Crippen LogP contribution in [0.15, 0.2) is 18.2 Å². The fourth-order valence-corrected chi connectivity index (χ4v) is 2.38. The van der Waals surface area contributed by atoms with E-state index in [-0.39, 0.29) is 5.91 Å². The summed E-state index contributed by atoms with van der Waals surface area (Å²) in [5, 5.41) is 6.71. The number of nitrogens with one attached hydrogen (secondary N) is 2. The summed E-state index contributed by atoms with van der Waals surface area (Å²) in [5.74, 6) is 0.865.